The minimum Gasteiger partial charge on any atom is -0.326 e. The van der Waals surface area contributed by atoms with Gasteiger partial charge >= 0.3 is 0 Å². The van der Waals surface area contributed by atoms with Crippen LogP contribution in [0.2, 0.25) is 5.02 Å². The van der Waals surface area contributed by atoms with Crippen molar-refractivity contribution in [1.29, 1.82) is 0 Å². The lowest BCUT2D eigenvalue weighted by atomic mass is 10.1. The fourth-order valence-electron chi connectivity index (χ4n) is 2.74. The highest BCUT2D eigenvalue weighted by Gasteiger charge is 2.29. The molecule has 0 saturated heterocycles. The maximum Gasteiger partial charge on any atom is 0.144 e. The molecule has 5 heteroatoms. The SMILES string of the molecule is CC(Cl)c1nc2cc(Cl)c(F)cc2n1CC(C)C1CC1. The molecule has 1 aliphatic rings. The molecule has 0 bridgehead atoms. The van der Waals surface area contributed by atoms with Gasteiger partial charge in [-0.1, -0.05) is 18.5 Å². The fourth-order valence-corrected chi connectivity index (χ4v) is 3.06. The molecule has 2 atom stereocenters. The minimum absolute atomic E-state index is 0.103. The number of aromatic nitrogens is 2. The first kappa shape index (κ1) is 14.2. The predicted molar refractivity (Wildman–Crippen MR) is 80.9 cm³/mol. The summed E-state index contributed by atoms with van der Waals surface area (Å²) in [7, 11) is 0. The van der Waals surface area contributed by atoms with Crippen molar-refractivity contribution in [2.24, 2.45) is 11.8 Å². The van der Waals surface area contributed by atoms with E-state index in [0.717, 1.165) is 23.8 Å². The van der Waals surface area contributed by atoms with Crippen molar-refractivity contribution in [3.63, 3.8) is 0 Å². The van der Waals surface area contributed by atoms with Crippen LogP contribution < -0.4 is 0 Å². The van der Waals surface area contributed by atoms with Crippen molar-refractivity contribution in [2.75, 3.05) is 0 Å². The highest BCUT2D eigenvalue weighted by atomic mass is 35.5. The summed E-state index contributed by atoms with van der Waals surface area (Å²) in [6.07, 6.45) is 2.58. The Bertz CT molecular complexity index is 647. The van der Waals surface area contributed by atoms with Crippen LogP contribution in [0.25, 0.3) is 11.0 Å². The molecule has 108 valence electrons. The predicted octanol–water partition coefficient (Wildman–Crippen LogP) is 5.17. The van der Waals surface area contributed by atoms with Crippen molar-refractivity contribution in [3.8, 4) is 0 Å². The van der Waals surface area contributed by atoms with Crippen molar-refractivity contribution >= 4 is 34.2 Å². The standard InChI is InChI=1S/C15H17Cl2FN2/c1-8(10-3-4-10)7-20-14-6-12(18)11(17)5-13(14)19-15(20)9(2)16/h5-6,8-10H,3-4,7H2,1-2H3. The van der Waals surface area contributed by atoms with Gasteiger partial charge in [0.05, 0.1) is 21.4 Å². The average Bonchev–Trinajstić information content (AvgIpc) is 3.17. The zero-order valence-corrected chi connectivity index (χ0v) is 13.0. The molecule has 2 nitrogen and oxygen atoms in total. The van der Waals surface area contributed by atoms with E-state index in [2.05, 4.69) is 16.5 Å². The van der Waals surface area contributed by atoms with Gasteiger partial charge in [0.2, 0.25) is 0 Å². The molecule has 0 aliphatic heterocycles. The zero-order chi connectivity index (χ0) is 14.4. The Labute approximate surface area is 127 Å². The summed E-state index contributed by atoms with van der Waals surface area (Å²) in [4.78, 5) is 4.53. The van der Waals surface area contributed by atoms with Gasteiger partial charge < -0.3 is 4.57 Å². The van der Waals surface area contributed by atoms with Crippen LogP contribution >= 0.6 is 23.2 Å². The van der Waals surface area contributed by atoms with Gasteiger partial charge in [0.25, 0.3) is 0 Å². The molecule has 1 heterocycles. The zero-order valence-electron chi connectivity index (χ0n) is 11.5. The van der Waals surface area contributed by atoms with Gasteiger partial charge in [-0.2, -0.15) is 0 Å². The Balaban J connectivity index is 2.09. The summed E-state index contributed by atoms with van der Waals surface area (Å²) in [6, 6.07) is 3.04. The number of halogens is 3. The minimum atomic E-state index is -0.409. The van der Waals surface area contributed by atoms with Gasteiger partial charge in [-0.25, -0.2) is 9.37 Å². The number of fused-ring (bicyclic) bond motifs is 1. The molecule has 1 saturated carbocycles. The molecule has 20 heavy (non-hydrogen) atoms. The molecular formula is C15H17Cl2FN2. The third kappa shape index (κ3) is 2.53. The summed E-state index contributed by atoms with van der Waals surface area (Å²) in [6.45, 7) is 4.95. The largest absolute Gasteiger partial charge is 0.326 e. The van der Waals surface area contributed by atoms with Gasteiger partial charge in [-0.05, 0) is 37.7 Å². The van der Waals surface area contributed by atoms with Crippen LogP contribution in [0.15, 0.2) is 12.1 Å². The van der Waals surface area contributed by atoms with Crippen LogP contribution in [0.1, 0.15) is 37.9 Å². The van der Waals surface area contributed by atoms with Gasteiger partial charge in [0.15, 0.2) is 0 Å². The van der Waals surface area contributed by atoms with Crippen LogP contribution in [0.3, 0.4) is 0 Å². The van der Waals surface area contributed by atoms with Crippen molar-refractivity contribution < 1.29 is 4.39 Å². The summed E-state index contributed by atoms with van der Waals surface area (Å²) in [5.41, 5.74) is 1.49. The number of imidazole rings is 1. The number of benzene rings is 1. The lowest BCUT2D eigenvalue weighted by molar-refractivity contribution is 0.428. The van der Waals surface area contributed by atoms with E-state index >= 15 is 0 Å². The number of hydrogen-bond acceptors (Lipinski definition) is 1. The topological polar surface area (TPSA) is 17.8 Å². The maximum absolute atomic E-state index is 13.7. The molecule has 1 aromatic heterocycles. The molecule has 1 aliphatic carbocycles. The smallest absolute Gasteiger partial charge is 0.144 e. The van der Waals surface area contributed by atoms with Crippen LogP contribution in [0.4, 0.5) is 4.39 Å². The number of rotatable bonds is 4. The summed E-state index contributed by atoms with van der Waals surface area (Å²) in [5.74, 6) is 1.72. The summed E-state index contributed by atoms with van der Waals surface area (Å²) in [5, 5.41) is -0.109. The second-order valence-electron chi connectivity index (χ2n) is 5.77. The van der Waals surface area contributed by atoms with Crippen LogP contribution in [0.5, 0.6) is 0 Å². The third-order valence-electron chi connectivity index (χ3n) is 4.07. The van der Waals surface area contributed by atoms with E-state index in [1.807, 2.05) is 6.92 Å². The molecule has 1 fully saturated rings. The van der Waals surface area contributed by atoms with E-state index in [0.29, 0.717) is 11.4 Å². The van der Waals surface area contributed by atoms with Gasteiger partial charge in [-0.3, -0.25) is 0 Å². The van der Waals surface area contributed by atoms with E-state index < -0.39 is 5.82 Å². The van der Waals surface area contributed by atoms with Gasteiger partial charge in [0, 0.05) is 12.6 Å². The molecule has 1 aromatic carbocycles. The Kier molecular flexibility index (Phi) is 3.67. The molecular weight excluding hydrogens is 298 g/mol. The van der Waals surface area contributed by atoms with E-state index in [1.54, 1.807) is 6.07 Å². The van der Waals surface area contributed by atoms with Crippen LogP contribution in [-0.4, -0.2) is 9.55 Å². The van der Waals surface area contributed by atoms with Crippen molar-refractivity contribution in [3.05, 3.63) is 28.8 Å². The number of nitrogens with zero attached hydrogens (tertiary/aromatic N) is 2. The third-order valence-corrected chi connectivity index (χ3v) is 4.56. The highest BCUT2D eigenvalue weighted by molar-refractivity contribution is 6.31. The lowest BCUT2D eigenvalue weighted by Gasteiger charge is -2.15. The number of alkyl halides is 1. The molecule has 2 unspecified atom stereocenters. The second-order valence-corrected chi connectivity index (χ2v) is 6.83. The molecule has 3 rings (SSSR count). The van der Waals surface area contributed by atoms with E-state index in [9.17, 15) is 4.39 Å². The number of hydrogen-bond donors (Lipinski definition) is 0. The van der Waals surface area contributed by atoms with Crippen LogP contribution in [0, 0.1) is 17.7 Å². The highest BCUT2D eigenvalue weighted by Crippen LogP contribution is 2.38. The second kappa shape index (κ2) is 5.19. The van der Waals surface area contributed by atoms with Crippen molar-refractivity contribution in [1.82, 2.24) is 9.55 Å². The van der Waals surface area contributed by atoms with Gasteiger partial charge in [0.1, 0.15) is 11.6 Å². The summed E-state index contributed by atoms with van der Waals surface area (Å²) >= 11 is 12.1. The van der Waals surface area contributed by atoms with E-state index in [-0.39, 0.29) is 10.4 Å². The Hall–Kier alpha value is -0.800. The Morgan fingerprint density at radius 2 is 2.10 bits per heavy atom. The molecule has 0 spiro atoms. The monoisotopic (exact) mass is 314 g/mol. The van der Waals surface area contributed by atoms with E-state index in [4.69, 9.17) is 23.2 Å². The fraction of sp³-hybridized carbons (Fsp3) is 0.533. The molecule has 0 radical (unpaired) electrons. The van der Waals surface area contributed by atoms with Crippen LogP contribution in [-0.2, 0) is 6.54 Å². The first-order valence-electron chi connectivity index (χ1n) is 6.96. The summed E-state index contributed by atoms with van der Waals surface area (Å²) < 4.78 is 15.8. The molecule has 0 amide bonds. The first-order chi connectivity index (χ1) is 9.47. The average molecular weight is 315 g/mol. The van der Waals surface area contributed by atoms with Gasteiger partial charge in [-0.15, -0.1) is 11.6 Å². The Morgan fingerprint density at radius 1 is 1.40 bits per heavy atom. The first-order valence-corrected chi connectivity index (χ1v) is 7.78. The molecule has 0 N–H and O–H groups in total. The lowest BCUT2D eigenvalue weighted by Crippen LogP contribution is -2.12. The molecule has 2 aromatic rings. The maximum atomic E-state index is 13.7. The normalized spacial score (nSPS) is 18.4. The van der Waals surface area contributed by atoms with E-state index in [1.165, 1.54) is 18.9 Å². The quantitative estimate of drug-likeness (QED) is 0.711. The Morgan fingerprint density at radius 3 is 2.70 bits per heavy atom. The van der Waals surface area contributed by atoms with Crippen molar-refractivity contribution in [2.45, 2.75) is 38.6 Å².